The molecule has 2 N–H and O–H groups in total. The number of benzene rings is 1. The quantitative estimate of drug-likeness (QED) is 0.207. The fourth-order valence-electron chi connectivity index (χ4n) is 3.33. The fourth-order valence-corrected chi connectivity index (χ4v) is 3.33. The molecule has 1 aromatic carbocycles. The van der Waals surface area contributed by atoms with Crippen molar-refractivity contribution >= 4 is 23.9 Å². The molecule has 2 atom stereocenters. The molecule has 0 spiro atoms. The number of rotatable bonds is 14. The van der Waals surface area contributed by atoms with Gasteiger partial charge in [0.05, 0.1) is 6.42 Å². The number of carboxylic acid groups (broad SMARTS) is 1. The highest BCUT2D eigenvalue weighted by Crippen LogP contribution is 2.32. The fraction of sp³-hybridized carbons (Fsp3) is 0.630. The molecule has 0 saturated carbocycles. The Labute approximate surface area is 213 Å². The molecule has 1 aromatic rings. The van der Waals surface area contributed by atoms with Gasteiger partial charge in [0.15, 0.2) is 11.5 Å². The summed E-state index contributed by atoms with van der Waals surface area (Å²) in [4.78, 5) is 49.5. The first-order valence-electron chi connectivity index (χ1n) is 12.5. The molecule has 0 saturated heterocycles. The van der Waals surface area contributed by atoms with Gasteiger partial charge < -0.3 is 19.3 Å². The Morgan fingerprint density at radius 3 is 1.94 bits per heavy atom. The number of esters is 3. The number of carbonyl (C=O) groups excluding carboxylic acids is 3. The van der Waals surface area contributed by atoms with E-state index in [4.69, 9.17) is 14.2 Å². The van der Waals surface area contributed by atoms with E-state index in [1.54, 1.807) is 13.0 Å². The second-order valence-corrected chi connectivity index (χ2v) is 10.2. The maximum absolute atomic E-state index is 12.7. The van der Waals surface area contributed by atoms with Crippen LogP contribution in [0.3, 0.4) is 0 Å². The summed E-state index contributed by atoms with van der Waals surface area (Å²) in [5.41, 5.74) is -2.04. The van der Waals surface area contributed by atoms with E-state index in [2.05, 4.69) is 5.32 Å². The second-order valence-electron chi connectivity index (χ2n) is 10.2. The van der Waals surface area contributed by atoms with E-state index in [9.17, 15) is 24.3 Å². The van der Waals surface area contributed by atoms with E-state index in [0.717, 1.165) is 0 Å². The van der Waals surface area contributed by atoms with Crippen molar-refractivity contribution in [2.75, 3.05) is 0 Å². The Bertz CT molecular complexity index is 921. The van der Waals surface area contributed by atoms with Gasteiger partial charge in [0.2, 0.25) is 0 Å². The van der Waals surface area contributed by atoms with Gasteiger partial charge in [-0.3, -0.25) is 19.7 Å². The highest BCUT2D eigenvalue weighted by atomic mass is 16.6. The van der Waals surface area contributed by atoms with Gasteiger partial charge in [-0.05, 0) is 49.3 Å². The first-order chi connectivity index (χ1) is 16.7. The Kier molecular flexibility index (Phi) is 12.1. The number of nitrogens with one attached hydrogen (secondary N) is 1. The zero-order valence-corrected chi connectivity index (χ0v) is 22.6. The van der Waals surface area contributed by atoms with Gasteiger partial charge in [-0.1, -0.05) is 47.6 Å². The minimum Gasteiger partial charge on any atom is -0.477 e. The third-order valence-corrected chi connectivity index (χ3v) is 5.22. The Balaban J connectivity index is 3.44. The maximum atomic E-state index is 12.7. The molecule has 36 heavy (non-hydrogen) atoms. The van der Waals surface area contributed by atoms with Crippen molar-refractivity contribution in [3.8, 4) is 11.5 Å². The lowest BCUT2D eigenvalue weighted by Crippen LogP contribution is -2.59. The molecular weight excluding hydrogens is 466 g/mol. The van der Waals surface area contributed by atoms with Gasteiger partial charge in [-0.25, -0.2) is 4.79 Å². The summed E-state index contributed by atoms with van der Waals surface area (Å²) in [6.07, 6.45) is 1.87. The summed E-state index contributed by atoms with van der Waals surface area (Å²) in [6.45, 7) is 12.9. The van der Waals surface area contributed by atoms with Crippen molar-refractivity contribution in [2.45, 2.75) is 105 Å². The standard InChI is InChI=1S/C27H41NO8/c1-8-11-22(29)34-20-14-13-19(15-21(20)35-23(30)12-9-2)16-27(25(32)33,28-18(4)10-3)36-24(31)17-26(5,6)7/h13-15,18,28H,8-12,16-17H2,1-7H3,(H,32,33)/t18?,27-/m0/s1. The molecule has 0 aliphatic heterocycles. The van der Waals surface area contributed by atoms with Crippen LogP contribution in [0.5, 0.6) is 11.5 Å². The van der Waals surface area contributed by atoms with Gasteiger partial charge in [-0.2, -0.15) is 0 Å². The molecule has 1 rings (SSSR count). The molecule has 0 aliphatic carbocycles. The highest BCUT2D eigenvalue weighted by Gasteiger charge is 2.44. The van der Waals surface area contributed by atoms with E-state index in [1.165, 1.54) is 12.1 Å². The van der Waals surface area contributed by atoms with Crippen LogP contribution in [0, 0.1) is 5.41 Å². The van der Waals surface area contributed by atoms with E-state index in [1.807, 2.05) is 41.5 Å². The zero-order valence-electron chi connectivity index (χ0n) is 22.6. The molecule has 0 bridgehead atoms. The molecule has 0 fully saturated rings. The van der Waals surface area contributed by atoms with Crippen LogP contribution in [0.1, 0.15) is 92.6 Å². The van der Waals surface area contributed by atoms with E-state index >= 15 is 0 Å². The molecule has 0 aromatic heterocycles. The van der Waals surface area contributed by atoms with Gasteiger partial charge in [0.1, 0.15) is 0 Å². The molecule has 0 aliphatic rings. The summed E-state index contributed by atoms with van der Waals surface area (Å²) in [6, 6.07) is 4.17. The molecule has 0 heterocycles. The maximum Gasteiger partial charge on any atom is 0.364 e. The average Bonchev–Trinajstić information content (AvgIpc) is 2.74. The largest absolute Gasteiger partial charge is 0.477 e. The lowest BCUT2D eigenvalue weighted by atomic mass is 9.92. The first kappa shape index (κ1) is 31.1. The highest BCUT2D eigenvalue weighted by molar-refractivity contribution is 5.82. The smallest absolute Gasteiger partial charge is 0.364 e. The Morgan fingerprint density at radius 1 is 0.917 bits per heavy atom. The van der Waals surface area contributed by atoms with Gasteiger partial charge in [0.25, 0.3) is 5.72 Å². The van der Waals surface area contributed by atoms with E-state index < -0.39 is 35.0 Å². The number of hydrogen-bond donors (Lipinski definition) is 2. The molecular formula is C27H41NO8. The van der Waals surface area contributed by atoms with Crippen molar-refractivity contribution < 1.29 is 38.5 Å². The number of ether oxygens (including phenoxy) is 3. The summed E-state index contributed by atoms with van der Waals surface area (Å²) >= 11 is 0. The number of carbonyl (C=O) groups is 4. The van der Waals surface area contributed by atoms with Crippen LogP contribution in [0.4, 0.5) is 0 Å². The van der Waals surface area contributed by atoms with Crippen LogP contribution in [0.15, 0.2) is 18.2 Å². The summed E-state index contributed by atoms with van der Waals surface area (Å²) in [5.74, 6) is -2.94. The van der Waals surface area contributed by atoms with Gasteiger partial charge >= 0.3 is 23.9 Å². The van der Waals surface area contributed by atoms with Crippen LogP contribution in [-0.4, -0.2) is 40.8 Å². The summed E-state index contributed by atoms with van der Waals surface area (Å²) in [7, 11) is 0. The Morgan fingerprint density at radius 2 is 1.47 bits per heavy atom. The van der Waals surface area contributed by atoms with Crippen molar-refractivity contribution in [1.29, 1.82) is 0 Å². The molecule has 9 nitrogen and oxygen atoms in total. The average molecular weight is 508 g/mol. The number of aliphatic carboxylic acids is 1. The molecule has 0 amide bonds. The number of hydrogen-bond acceptors (Lipinski definition) is 8. The van der Waals surface area contributed by atoms with E-state index in [-0.39, 0.29) is 43.2 Å². The van der Waals surface area contributed by atoms with Gasteiger partial charge in [0, 0.05) is 25.3 Å². The van der Waals surface area contributed by atoms with Crippen LogP contribution in [0.25, 0.3) is 0 Å². The molecule has 9 heteroatoms. The topological polar surface area (TPSA) is 128 Å². The van der Waals surface area contributed by atoms with Crippen molar-refractivity contribution in [1.82, 2.24) is 5.32 Å². The van der Waals surface area contributed by atoms with Crippen molar-refractivity contribution in [3.63, 3.8) is 0 Å². The third-order valence-electron chi connectivity index (χ3n) is 5.22. The second kappa shape index (κ2) is 14.0. The lowest BCUT2D eigenvalue weighted by Gasteiger charge is -2.34. The molecule has 0 radical (unpaired) electrons. The SMILES string of the molecule is CCCC(=O)Oc1ccc(C[C@](NC(C)CC)(OC(=O)CC(C)(C)C)C(=O)O)cc1OC(=O)CCC. The van der Waals surface area contributed by atoms with Crippen molar-refractivity contribution in [3.05, 3.63) is 23.8 Å². The zero-order chi connectivity index (χ0) is 27.5. The normalized spacial score (nSPS) is 13.9. The van der Waals surface area contributed by atoms with Crippen molar-refractivity contribution in [2.24, 2.45) is 5.41 Å². The first-order valence-corrected chi connectivity index (χ1v) is 12.5. The monoisotopic (exact) mass is 507 g/mol. The summed E-state index contributed by atoms with van der Waals surface area (Å²) < 4.78 is 16.4. The van der Waals surface area contributed by atoms with Crippen LogP contribution >= 0.6 is 0 Å². The minimum absolute atomic E-state index is 0.000695. The molecule has 202 valence electrons. The van der Waals surface area contributed by atoms with Crippen LogP contribution < -0.4 is 14.8 Å². The lowest BCUT2D eigenvalue weighted by molar-refractivity contribution is -0.185. The third kappa shape index (κ3) is 10.4. The Hall–Kier alpha value is -2.94. The van der Waals surface area contributed by atoms with Crippen LogP contribution in [-0.2, 0) is 30.3 Å². The van der Waals surface area contributed by atoms with Gasteiger partial charge in [-0.15, -0.1) is 0 Å². The predicted octanol–water partition coefficient (Wildman–Crippen LogP) is 4.79. The predicted molar refractivity (Wildman–Crippen MR) is 135 cm³/mol. The van der Waals surface area contributed by atoms with E-state index in [0.29, 0.717) is 24.8 Å². The number of carboxylic acids is 1. The van der Waals surface area contributed by atoms with Crippen LogP contribution in [0.2, 0.25) is 0 Å². The summed E-state index contributed by atoms with van der Waals surface area (Å²) in [5, 5.41) is 13.2. The molecule has 1 unspecified atom stereocenters. The minimum atomic E-state index is -2.05.